The molecule has 1 heterocycles. The Morgan fingerprint density at radius 3 is 2.64 bits per heavy atom. The van der Waals surface area contributed by atoms with E-state index in [-0.39, 0.29) is 12.5 Å². The largest absolute Gasteiger partial charge is 0.370 e. The minimum atomic E-state index is 0.0393. The monoisotopic (exact) mass is 303 g/mol. The normalized spacial score (nSPS) is 17.2. The predicted molar refractivity (Wildman–Crippen MR) is 62.3 cm³/mol. The average Bonchev–Trinajstić information content (AvgIpc) is 2.20. The quantitative estimate of drug-likeness (QED) is 0.738. The lowest BCUT2D eigenvalue weighted by Gasteiger charge is -2.26. The van der Waals surface area contributed by atoms with Crippen molar-refractivity contribution in [1.82, 2.24) is 0 Å². The van der Waals surface area contributed by atoms with Gasteiger partial charge in [0.15, 0.2) is 0 Å². The zero-order valence-corrected chi connectivity index (χ0v) is 9.73. The van der Waals surface area contributed by atoms with Crippen molar-refractivity contribution in [3.05, 3.63) is 27.8 Å². The molecule has 0 spiro atoms. The zero-order valence-electron chi connectivity index (χ0n) is 7.57. The van der Waals surface area contributed by atoms with E-state index in [1.165, 1.54) is 3.57 Å². The van der Waals surface area contributed by atoms with Gasteiger partial charge in [-0.25, -0.2) is 0 Å². The van der Waals surface area contributed by atoms with Crippen LogP contribution in [0.2, 0.25) is 0 Å². The van der Waals surface area contributed by atoms with Crippen molar-refractivity contribution >= 4 is 34.2 Å². The van der Waals surface area contributed by atoms with Gasteiger partial charge in [-0.1, -0.05) is 0 Å². The SMILES string of the molecule is O=C1COCCN1c1ccc(I)cc1. The lowest BCUT2D eigenvalue weighted by atomic mass is 10.2. The zero-order chi connectivity index (χ0) is 9.97. The van der Waals surface area contributed by atoms with Crippen LogP contribution in [0.4, 0.5) is 5.69 Å². The van der Waals surface area contributed by atoms with E-state index in [0.29, 0.717) is 13.2 Å². The summed E-state index contributed by atoms with van der Waals surface area (Å²) in [5.74, 6) is 0.0393. The molecule has 1 fully saturated rings. The van der Waals surface area contributed by atoms with Gasteiger partial charge in [-0.2, -0.15) is 0 Å². The van der Waals surface area contributed by atoms with E-state index < -0.39 is 0 Å². The van der Waals surface area contributed by atoms with Crippen LogP contribution in [0, 0.1) is 3.57 Å². The lowest BCUT2D eigenvalue weighted by Crippen LogP contribution is -2.41. The third kappa shape index (κ3) is 2.06. The fraction of sp³-hybridized carbons (Fsp3) is 0.300. The van der Waals surface area contributed by atoms with Gasteiger partial charge >= 0.3 is 0 Å². The number of nitrogens with zero attached hydrogens (tertiary/aromatic N) is 1. The topological polar surface area (TPSA) is 29.5 Å². The Morgan fingerprint density at radius 1 is 1.29 bits per heavy atom. The number of carbonyl (C=O) groups is 1. The molecule has 0 bridgehead atoms. The highest BCUT2D eigenvalue weighted by atomic mass is 127. The van der Waals surface area contributed by atoms with Crippen LogP contribution in [0.5, 0.6) is 0 Å². The molecule has 74 valence electrons. The van der Waals surface area contributed by atoms with Gasteiger partial charge in [0.05, 0.1) is 6.61 Å². The molecule has 1 aromatic carbocycles. The van der Waals surface area contributed by atoms with Crippen LogP contribution < -0.4 is 4.90 Å². The molecule has 0 saturated carbocycles. The number of hydrogen-bond acceptors (Lipinski definition) is 2. The molecule has 1 saturated heterocycles. The Kier molecular flexibility index (Phi) is 3.02. The van der Waals surface area contributed by atoms with Crippen molar-refractivity contribution in [2.24, 2.45) is 0 Å². The lowest BCUT2D eigenvalue weighted by molar-refractivity contribution is -0.125. The first-order valence-electron chi connectivity index (χ1n) is 4.41. The van der Waals surface area contributed by atoms with E-state index >= 15 is 0 Å². The molecular formula is C10H10INO2. The Labute approximate surface area is 96.2 Å². The number of hydrogen-bond donors (Lipinski definition) is 0. The van der Waals surface area contributed by atoms with Gasteiger partial charge < -0.3 is 9.64 Å². The predicted octanol–water partition coefficient (Wildman–Crippen LogP) is 1.65. The Bertz CT molecular complexity index is 336. The van der Waals surface area contributed by atoms with Crippen molar-refractivity contribution in [2.75, 3.05) is 24.7 Å². The summed E-state index contributed by atoms with van der Waals surface area (Å²) in [5, 5.41) is 0. The minimum absolute atomic E-state index is 0.0393. The molecular weight excluding hydrogens is 293 g/mol. The number of amides is 1. The van der Waals surface area contributed by atoms with Gasteiger partial charge in [0.2, 0.25) is 0 Å². The number of rotatable bonds is 1. The fourth-order valence-corrected chi connectivity index (χ4v) is 1.77. The molecule has 0 atom stereocenters. The highest BCUT2D eigenvalue weighted by Gasteiger charge is 2.19. The van der Waals surface area contributed by atoms with Crippen molar-refractivity contribution in [3.63, 3.8) is 0 Å². The summed E-state index contributed by atoms with van der Waals surface area (Å²) in [4.78, 5) is 13.2. The van der Waals surface area contributed by atoms with Gasteiger partial charge in [-0.05, 0) is 46.9 Å². The second kappa shape index (κ2) is 4.27. The van der Waals surface area contributed by atoms with Gasteiger partial charge in [-0.15, -0.1) is 0 Å². The third-order valence-electron chi connectivity index (χ3n) is 2.12. The van der Waals surface area contributed by atoms with E-state index in [1.807, 2.05) is 24.3 Å². The number of carbonyl (C=O) groups excluding carboxylic acids is 1. The fourth-order valence-electron chi connectivity index (χ4n) is 1.41. The summed E-state index contributed by atoms with van der Waals surface area (Å²) < 4.78 is 6.24. The van der Waals surface area contributed by atoms with Crippen molar-refractivity contribution in [1.29, 1.82) is 0 Å². The molecule has 14 heavy (non-hydrogen) atoms. The molecule has 2 rings (SSSR count). The Balaban J connectivity index is 2.20. The molecule has 4 heteroatoms. The molecule has 0 unspecified atom stereocenters. The van der Waals surface area contributed by atoms with E-state index in [1.54, 1.807) is 4.90 Å². The molecule has 0 aliphatic carbocycles. The first-order chi connectivity index (χ1) is 6.77. The molecule has 0 aromatic heterocycles. The summed E-state index contributed by atoms with van der Waals surface area (Å²) in [6.45, 7) is 1.48. The summed E-state index contributed by atoms with van der Waals surface area (Å²) in [6, 6.07) is 7.92. The van der Waals surface area contributed by atoms with Crippen LogP contribution in [0.1, 0.15) is 0 Å². The molecule has 1 aliphatic rings. The summed E-state index contributed by atoms with van der Waals surface area (Å²) in [7, 11) is 0. The molecule has 1 aliphatic heterocycles. The smallest absolute Gasteiger partial charge is 0.253 e. The van der Waals surface area contributed by atoms with Gasteiger partial charge in [-0.3, -0.25) is 4.79 Å². The van der Waals surface area contributed by atoms with Crippen molar-refractivity contribution in [3.8, 4) is 0 Å². The standard InChI is InChI=1S/C10H10INO2/c11-8-1-3-9(4-2-8)12-5-6-14-7-10(12)13/h1-4H,5-7H2. The Hall–Kier alpha value is -0.620. The average molecular weight is 303 g/mol. The van der Waals surface area contributed by atoms with Crippen LogP contribution in [0.3, 0.4) is 0 Å². The maximum Gasteiger partial charge on any atom is 0.253 e. The number of halogens is 1. The van der Waals surface area contributed by atoms with E-state index in [4.69, 9.17) is 4.74 Å². The van der Waals surface area contributed by atoms with Gasteiger partial charge in [0, 0.05) is 15.8 Å². The number of morpholine rings is 1. The third-order valence-corrected chi connectivity index (χ3v) is 2.84. The van der Waals surface area contributed by atoms with Crippen LogP contribution in [0.25, 0.3) is 0 Å². The number of benzene rings is 1. The van der Waals surface area contributed by atoms with Crippen LogP contribution in [0.15, 0.2) is 24.3 Å². The summed E-state index contributed by atoms with van der Waals surface area (Å²) in [6.07, 6.45) is 0. The molecule has 0 radical (unpaired) electrons. The first kappa shape index (κ1) is 9.92. The molecule has 0 N–H and O–H groups in total. The number of ether oxygens (including phenoxy) is 1. The van der Waals surface area contributed by atoms with Crippen molar-refractivity contribution in [2.45, 2.75) is 0 Å². The van der Waals surface area contributed by atoms with Crippen molar-refractivity contribution < 1.29 is 9.53 Å². The number of anilines is 1. The Morgan fingerprint density at radius 2 is 2.00 bits per heavy atom. The van der Waals surface area contributed by atoms with E-state index in [0.717, 1.165) is 5.69 Å². The van der Waals surface area contributed by atoms with E-state index in [2.05, 4.69) is 22.6 Å². The molecule has 3 nitrogen and oxygen atoms in total. The maximum atomic E-state index is 11.5. The second-order valence-corrected chi connectivity index (χ2v) is 4.32. The molecule has 1 amide bonds. The minimum Gasteiger partial charge on any atom is -0.370 e. The van der Waals surface area contributed by atoms with E-state index in [9.17, 15) is 4.79 Å². The summed E-state index contributed by atoms with van der Waals surface area (Å²) >= 11 is 2.24. The van der Waals surface area contributed by atoms with Crippen LogP contribution in [-0.4, -0.2) is 25.7 Å². The maximum absolute atomic E-state index is 11.5. The van der Waals surface area contributed by atoms with Crippen LogP contribution >= 0.6 is 22.6 Å². The second-order valence-electron chi connectivity index (χ2n) is 3.07. The van der Waals surface area contributed by atoms with Gasteiger partial charge in [0.1, 0.15) is 6.61 Å². The van der Waals surface area contributed by atoms with Crippen LogP contribution in [-0.2, 0) is 9.53 Å². The van der Waals surface area contributed by atoms with Gasteiger partial charge in [0.25, 0.3) is 5.91 Å². The highest BCUT2D eigenvalue weighted by molar-refractivity contribution is 14.1. The molecule has 1 aromatic rings. The summed E-state index contributed by atoms with van der Waals surface area (Å²) in [5.41, 5.74) is 0.957. The first-order valence-corrected chi connectivity index (χ1v) is 5.49. The highest BCUT2D eigenvalue weighted by Crippen LogP contribution is 2.17.